The van der Waals surface area contributed by atoms with Crippen LogP contribution in [0.1, 0.15) is 24.9 Å². The molecule has 2 aromatic carbocycles. The van der Waals surface area contributed by atoms with Crippen LogP contribution >= 0.6 is 11.6 Å². The Balaban J connectivity index is 1.91. The van der Waals surface area contributed by atoms with Crippen molar-refractivity contribution < 1.29 is 15.0 Å². The van der Waals surface area contributed by atoms with Gasteiger partial charge in [0.05, 0.1) is 23.4 Å². The predicted octanol–water partition coefficient (Wildman–Crippen LogP) is 4.23. The van der Waals surface area contributed by atoms with Gasteiger partial charge in [0.25, 0.3) is 5.91 Å². The lowest BCUT2D eigenvalue weighted by atomic mass is 9.96. The van der Waals surface area contributed by atoms with Crippen molar-refractivity contribution in [1.82, 2.24) is 9.97 Å². The summed E-state index contributed by atoms with van der Waals surface area (Å²) >= 11 is 6.11. The first-order chi connectivity index (χ1) is 12.5. The fourth-order valence-electron chi connectivity index (χ4n) is 3.43. The first-order valence-electron chi connectivity index (χ1n) is 8.18. The Kier molecular flexibility index (Phi) is 3.85. The van der Waals surface area contributed by atoms with Crippen LogP contribution in [0.2, 0.25) is 5.02 Å². The van der Waals surface area contributed by atoms with E-state index in [0.717, 1.165) is 11.0 Å². The van der Waals surface area contributed by atoms with Crippen LogP contribution in [0.3, 0.4) is 0 Å². The molecule has 0 saturated heterocycles. The van der Waals surface area contributed by atoms with Gasteiger partial charge in [0.2, 0.25) is 0 Å². The van der Waals surface area contributed by atoms with E-state index >= 15 is 0 Å². The number of hydrogen-bond donors (Lipinski definition) is 3. The van der Waals surface area contributed by atoms with Gasteiger partial charge in [-0.05, 0) is 42.8 Å². The fraction of sp³-hybridized carbons (Fsp3) is 0.158. The molecule has 132 valence electrons. The summed E-state index contributed by atoms with van der Waals surface area (Å²) < 4.78 is 0. The van der Waals surface area contributed by atoms with Gasteiger partial charge in [0.15, 0.2) is 5.76 Å². The number of aromatic amines is 1. The van der Waals surface area contributed by atoms with E-state index in [2.05, 4.69) is 9.97 Å². The predicted molar refractivity (Wildman–Crippen MR) is 99.4 cm³/mol. The molecule has 0 saturated carbocycles. The molecule has 26 heavy (non-hydrogen) atoms. The van der Waals surface area contributed by atoms with Crippen LogP contribution in [0.4, 0.5) is 5.69 Å². The maximum Gasteiger partial charge on any atom is 0.293 e. The summed E-state index contributed by atoms with van der Waals surface area (Å²) in [5, 5.41) is 21.2. The monoisotopic (exact) mass is 369 g/mol. The number of carbonyl (C=O) groups excluding carboxylic acids is 1. The quantitative estimate of drug-likeness (QED) is 0.644. The Bertz CT molecular complexity index is 1060. The number of aromatic nitrogens is 2. The molecular weight excluding hydrogens is 354 g/mol. The largest absolute Gasteiger partial charge is 0.508 e. The number of benzene rings is 2. The summed E-state index contributed by atoms with van der Waals surface area (Å²) in [6.45, 7) is 1.86. The summed E-state index contributed by atoms with van der Waals surface area (Å²) in [7, 11) is 0. The molecule has 1 aromatic heterocycles. The van der Waals surface area contributed by atoms with Gasteiger partial charge in [-0.15, -0.1) is 0 Å². The number of aliphatic hydroxyl groups excluding tert-OH is 1. The van der Waals surface area contributed by atoms with Crippen LogP contribution in [0.15, 0.2) is 54.1 Å². The van der Waals surface area contributed by atoms with Crippen molar-refractivity contribution in [3.63, 3.8) is 0 Å². The molecule has 1 aliphatic rings. The van der Waals surface area contributed by atoms with Crippen LogP contribution < -0.4 is 4.90 Å². The average molecular weight is 370 g/mol. The van der Waals surface area contributed by atoms with Crippen molar-refractivity contribution in [2.45, 2.75) is 19.4 Å². The molecule has 3 aromatic rings. The number of aliphatic hydroxyl groups is 1. The van der Waals surface area contributed by atoms with Gasteiger partial charge >= 0.3 is 0 Å². The number of halogens is 1. The zero-order valence-electron chi connectivity index (χ0n) is 13.9. The third-order valence-corrected chi connectivity index (χ3v) is 4.90. The number of anilines is 1. The molecule has 7 heteroatoms. The Labute approximate surface area is 154 Å². The van der Waals surface area contributed by atoms with Crippen LogP contribution in [-0.4, -0.2) is 26.1 Å². The van der Waals surface area contributed by atoms with E-state index in [1.54, 1.807) is 36.7 Å². The van der Waals surface area contributed by atoms with Gasteiger partial charge in [0.1, 0.15) is 5.75 Å². The molecule has 1 aliphatic heterocycles. The third kappa shape index (κ3) is 2.42. The Morgan fingerprint density at radius 3 is 2.81 bits per heavy atom. The van der Waals surface area contributed by atoms with E-state index in [4.69, 9.17) is 11.6 Å². The van der Waals surface area contributed by atoms with Crippen molar-refractivity contribution in [3.8, 4) is 5.75 Å². The summed E-state index contributed by atoms with van der Waals surface area (Å²) in [6.07, 6.45) is 2.03. The average Bonchev–Trinajstić information content (AvgIpc) is 3.19. The topological polar surface area (TPSA) is 89.5 Å². The molecule has 2 heterocycles. The summed E-state index contributed by atoms with van der Waals surface area (Å²) in [5.41, 5.74) is 3.14. The smallest absolute Gasteiger partial charge is 0.293 e. The molecule has 0 aliphatic carbocycles. The minimum Gasteiger partial charge on any atom is -0.508 e. The van der Waals surface area contributed by atoms with Crippen molar-refractivity contribution in [2.24, 2.45) is 0 Å². The highest BCUT2D eigenvalue weighted by molar-refractivity contribution is 6.30. The first-order valence-corrected chi connectivity index (χ1v) is 8.56. The standard InChI is InChI=1S/C19H16ClN3O3/c1-2-12-17(13-7-10(20)3-6-16(13)24)23(19(26)18(12)25)11-4-5-14-15(8-11)22-9-21-14/h3-9,17,24-25H,2H2,1H3,(H,21,22). The number of nitrogens with one attached hydrogen (secondary N) is 1. The second-order valence-corrected chi connectivity index (χ2v) is 6.55. The van der Waals surface area contributed by atoms with Crippen molar-refractivity contribution in [2.75, 3.05) is 4.90 Å². The van der Waals surface area contributed by atoms with E-state index in [-0.39, 0.29) is 11.5 Å². The number of aromatic hydroxyl groups is 1. The van der Waals surface area contributed by atoms with Gasteiger partial charge < -0.3 is 15.2 Å². The van der Waals surface area contributed by atoms with Crippen LogP contribution in [-0.2, 0) is 4.79 Å². The molecule has 1 amide bonds. The van der Waals surface area contributed by atoms with Gasteiger partial charge in [-0.1, -0.05) is 18.5 Å². The maximum absolute atomic E-state index is 12.8. The van der Waals surface area contributed by atoms with Crippen molar-refractivity contribution in [3.05, 3.63) is 64.6 Å². The van der Waals surface area contributed by atoms with E-state index in [1.165, 1.54) is 11.0 Å². The lowest BCUT2D eigenvalue weighted by molar-refractivity contribution is -0.117. The van der Waals surface area contributed by atoms with Crippen LogP contribution in [0.25, 0.3) is 11.0 Å². The number of H-pyrrole nitrogens is 1. The van der Waals surface area contributed by atoms with Crippen molar-refractivity contribution in [1.29, 1.82) is 0 Å². The normalized spacial score (nSPS) is 17.5. The van der Waals surface area contributed by atoms with Gasteiger partial charge in [0, 0.05) is 21.8 Å². The van der Waals surface area contributed by atoms with Gasteiger partial charge in [-0.3, -0.25) is 9.69 Å². The molecule has 1 atom stereocenters. The maximum atomic E-state index is 12.8. The van der Waals surface area contributed by atoms with Crippen LogP contribution in [0.5, 0.6) is 5.75 Å². The number of rotatable bonds is 3. The molecule has 3 N–H and O–H groups in total. The number of hydrogen-bond acceptors (Lipinski definition) is 4. The molecule has 0 bridgehead atoms. The van der Waals surface area contributed by atoms with E-state index in [9.17, 15) is 15.0 Å². The highest BCUT2D eigenvalue weighted by Gasteiger charge is 2.41. The van der Waals surface area contributed by atoms with Gasteiger partial charge in [-0.2, -0.15) is 0 Å². The number of phenols is 1. The summed E-state index contributed by atoms with van der Waals surface area (Å²) in [4.78, 5) is 21.5. The van der Waals surface area contributed by atoms with Crippen LogP contribution in [0, 0.1) is 0 Å². The van der Waals surface area contributed by atoms with E-state index in [1.807, 2.05) is 6.92 Å². The highest BCUT2D eigenvalue weighted by atomic mass is 35.5. The zero-order chi connectivity index (χ0) is 18.4. The second kappa shape index (κ2) is 6.07. The van der Waals surface area contributed by atoms with E-state index < -0.39 is 11.9 Å². The molecule has 0 fully saturated rings. The molecule has 1 unspecified atom stereocenters. The third-order valence-electron chi connectivity index (χ3n) is 4.66. The number of amides is 1. The van der Waals surface area contributed by atoms with E-state index in [0.29, 0.717) is 28.3 Å². The number of carbonyl (C=O) groups is 1. The second-order valence-electron chi connectivity index (χ2n) is 6.11. The lowest BCUT2D eigenvalue weighted by Gasteiger charge is -2.27. The Morgan fingerprint density at radius 2 is 2.04 bits per heavy atom. The zero-order valence-corrected chi connectivity index (χ0v) is 14.7. The molecule has 6 nitrogen and oxygen atoms in total. The highest BCUT2D eigenvalue weighted by Crippen LogP contribution is 2.45. The molecule has 0 spiro atoms. The number of fused-ring (bicyclic) bond motifs is 1. The summed E-state index contributed by atoms with van der Waals surface area (Å²) in [5.74, 6) is -0.785. The number of nitrogens with zero attached hydrogens (tertiary/aromatic N) is 2. The number of imidazole rings is 1. The number of phenolic OH excluding ortho intramolecular Hbond substituents is 1. The minimum absolute atomic E-state index is 0.0143. The fourth-order valence-corrected chi connectivity index (χ4v) is 3.61. The first kappa shape index (κ1) is 16.5. The molecular formula is C19H16ClN3O3. The SMILES string of the molecule is CCC1=C(O)C(=O)N(c2ccc3nc[nH]c3c2)C1c1cc(Cl)ccc1O. The minimum atomic E-state index is -0.633. The lowest BCUT2D eigenvalue weighted by Crippen LogP contribution is -2.30. The Morgan fingerprint density at radius 1 is 1.23 bits per heavy atom. The van der Waals surface area contributed by atoms with Crippen molar-refractivity contribution >= 4 is 34.2 Å². The Hall–Kier alpha value is -2.99. The molecule has 0 radical (unpaired) electrons. The molecule has 4 rings (SSSR count). The summed E-state index contributed by atoms with van der Waals surface area (Å²) in [6, 6.07) is 9.40. The van der Waals surface area contributed by atoms with Gasteiger partial charge in [-0.25, -0.2) is 4.98 Å².